The standard InChI is InChI=1S/C18H22F3N3O2/c1-13-12-23(2)9-10-24(13)17(26)11-22-16(25)8-5-14-3-6-15(7-4-14)18(19,20)21/h3-8,13H,9-12H2,1-2H3,(H,22,25)/b8-5+. The van der Waals surface area contributed by atoms with Gasteiger partial charge in [-0.3, -0.25) is 9.59 Å². The molecule has 1 N–H and O–H groups in total. The van der Waals surface area contributed by atoms with Gasteiger partial charge in [-0.05, 0) is 37.7 Å². The van der Waals surface area contributed by atoms with Crippen molar-refractivity contribution >= 4 is 17.9 Å². The summed E-state index contributed by atoms with van der Waals surface area (Å²) in [5.74, 6) is -0.623. The molecule has 0 aliphatic carbocycles. The van der Waals surface area contributed by atoms with Crippen LogP contribution in [0.5, 0.6) is 0 Å². The van der Waals surface area contributed by atoms with E-state index in [-0.39, 0.29) is 18.5 Å². The fourth-order valence-electron chi connectivity index (χ4n) is 2.79. The molecule has 1 fully saturated rings. The zero-order valence-electron chi connectivity index (χ0n) is 14.7. The van der Waals surface area contributed by atoms with E-state index >= 15 is 0 Å². The predicted octanol–water partition coefficient (Wildman–Crippen LogP) is 2.00. The van der Waals surface area contributed by atoms with Crippen LogP contribution in [0, 0.1) is 0 Å². The first kappa shape index (κ1) is 20.0. The summed E-state index contributed by atoms with van der Waals surface area (Å²) in [6, 6.07) is 4.56. The van der Waals surface area contributed by atoms with Crippen LogP contribution in [0.15, 0.2) is 30.3 Å². The van der Waals surface area contributed by atoms with Crippen molar-refractivity contribution in [2.75, 3.05) is 33.2 Å². The van der Waals surface area contributed by atoms with Crippen LogP contribution in [-0.4, -0.2) is 60.9 Å². The van der Waals surface area contributed by atoms with E-state index in [9.17, 15) is 22.8 Å². The molecule has 0 bridgehead atoms. The summed E-state index contributed by atoms with van der Waals surface area (Å²) in [6.45, 7) is 4.04. The molecule has 0 aromatic heterocycles. The molecular formula is C18H22F3N3O2. The van der Waals surface area contributed by atoms with Crippen molar-refractivity contribution in [3.8, 4) is 0 Å². The summed E-state index contributed by atoms with van der Waals surface area (Å²) in [4.78, 5) is 27.9. The average molecular weight is 369 g/mol. The van der Waals surface area contributed by atoms with E-state index in [1.165, 1.54) is 24.3 Å². The Morgan fingerprint density at radius 3 is 2.46 bits per heavy atom. The third-order valence-corrected chi connectivity index (χ3v) is 4.23. The van der Waals surface area contributed by atoms with Crippen molar-refractivity contribution in [3.05, 3.63) is 41.5 Å². The molecule has 1 aromatic carbocycles. The molecule has 1 atom stereocenters. The number of halogens is 3. The summed E-state index contributed by atoms with van der Waals surface area (Å²) in [7, 11) is 1.99. The van der Waals surface area contributed by atoms with E-state index in [4.69, 9.17) is 0 Å². The zero-order valence-corrected chi connectivity index (χ0v) is 14.7. The van der Waals surface area contributed by atoms with Gasteiger partial charge in [0.05, 0.1) is 12.1 Å². The van der Waals surface area contributed by atoms with E-state index < -0.39 is 17.6 Å². The fourth-order valence-corrected chi connectivity index (χ4v) is 2.79. The van der Waals surface area contributed by atoms with Crippen LogP contribution in [-0.2, 0) is 15.8 Å². The van der Waals surface area contributed by atoms with Crippen molar-refractivity contribution in [3.63, 3.8) is 0 Å². The summed E-state index contributed by atoms with van der Waals surface area (Å²) in [5, 5.41) is 2.51. The van der Waals surface area contributed by atoms with Crippen LogP contribution in [0.25, 0.3) is 6.08 Å². The lowest BCUT2D eigenvalue weighted by Gasteiger charge is -2.38. The molecule has 1 aliphatic rings. The Bertz CT molecular complexity index is 671. The molecule has 0 saturated carbocycles. The number of piperazine rings is 1. The molecule has 1 heterocycles. The number of hydrogen-bond donors (Lipinski definition) is 1. The van der Waals surface area contributed by atoms with Gasteiger partial charge < -0.3 is 15.1 Å². The number of hydrogen-bond acceptors (Lipinski definition) is 3. The van der Waals surface area contributed by atoms with Gasteiger partial charge in [0.1, 0.15) is 0 Å². The Labute approximate surface area is 150 Å². The van der Waals surface area contributed by atoms with E-state index in [2.05, 4.69) is 10.2 Å². The highest BCUT2D eigenvalue weighted by atomic mass is 19.4. The Morgan fingerprint density at radius 2 is 1.88 bits per heavy atom. The molecule has 1 aromatic rings. The van der Waals surface area contributed by atoms with Gasteiger partial charge >= 0.3 is 6.18 Å². The van der Waals surface area contributed by atoms with Crippen LogP contribution in [0.1, 0.15) is 18.1 Å². The van der Waals surface area contributed by atoms with Crippen molar-refractivity contribution in [2.24, 2.45) is 0 Å². The maximum absolute atomic E-state index is 12.5. The van der Waals surface area contributed by atoms with E-state index in [0.717, 1.165) is 25.2 Å². The maximum Gasteiger partial charge on any atom is 0.416 e. The average Bonchev–Trinajstić information content (AvgIpc) is 2.57. The minimum absolute atomic E-state index is 0.0841. The first-order valence-corrected chi connectivity index (χ1v) is 8.28. The molecule has 142 valence electrons. The lowest BCUT2D eigenvalue weighted by molar-refractivity contribution is -0.137. The SMILES string of the molecule is CC1CN(C)CCN1C(=O)CNC(=O)/C=C/c1ccc(C(F)(F)F)cc1. The predicted molar refractivity (Wildman–Crippen MR) is 92.2 cm³/mol. The Balaban J connectivity index is 1.83. The number of nitrogens with one attached hydrogen (secondary N) is 1. The quantitative estimate of drug-likeness (QED) is 0.826. The molecule has 26 heavy (non-hydrogen) atoms. The number of alkyl halides is 3. The number of likely N-dealkylation sites (N-methyl/N-ethyl adjacent to an activating group) is 1. The maximum atomic E-state index is 12.5. The Kier molecular flexibility index (Phi) is 6.42. The summed E-state index contributed by atoms with van der Waals surface area (Å²) in [6.07, 6.45) is -1.79. The first-order valence-electron chi connectivity index (χ1n) is 8.28. The van der Waals surface area contributed by atoms with Gasteiger partial charge in [-0.15, -0.1) is 0 Å². The molecule has 1 unspecified atom stereocenters. The second kappa shape index (κ2) is 8.35. The minimum Gasteiger partial charge on any atom is -0.343 e. The molecular weight excluding hydrogens is 347 g/mol. The van der Waals surface area contributed by atoms with E-state index in [1.807, 2.05) is 14.0 Å². The van der Waals surface area contributed by atoms with Crippen molar-refractivity contribution in [1.29, 1.82) is 0 Å². The Hall–Kier alpha value is -2.35. The second-order valence-electron chi connectivity index (χ2n) is 6.37. The van der Waals surface area contributed by atoms with Crippen LogP contribution >= 0.6 is 0 Å². The lowest BCUT2D eigenvalue weighted by atomic mass is 10.1. The van der Waals surface area contributed by atoms with Gasteiger partial charge in [-0.2, -0.15) is 13.2 Å². The number of carbonyl (C=O) groups excluding carboxylic acids is 2. The van der Waals surface area contributed by atoms with Crippen LogP contribution in [0.3, 0.4) is 0 Å². The van der Waals surface area contributed by atoms with Gasteiger partial charge in [-0.25, -0.2) is 0 Å². The van der Waals surface area contributed by atoms with Crippen LogP contribution < -0.4 is 5.32 Å². The van der Waals surface area contributed by atoms with E-state index in [0.29, 0.717) is 12.1 Å². The minimum atomic E-state index is -4.39. The van der Waals surface area contributed by atoms with Crippen LogP contribution in [0.2, 0.25) is 0 Å². The number of benzene rings is 1. The smallest absolute Gasteiger partial charge is 0.343 e. The number of amides is 2. The highest BCUT2D eigenvalue weighted by Crippen LogP contribution is 2.29. The molecule has 8 heteroatoms. The fraction of sp³-hybridized carbons (Fsp3) is 0.444. The molecule has 1 saturated heterocycles. The van der Waals surface area contributed by atoms with Gasteiger partial charge in [-0.1, -0.05) is 12.1 Å². The number of carbonyl (C=O) groups is 2. The topological polar surface area (TPSA) is 52.6 Å². The Morgan fingerprint density at radius 1 is 1.23 bits per heavy atom. The second-order valence-corrected chi connectivity index (χ2v) is 6.37. The molecule has 2 rings (SSSR count). The molecule has 5 nitrogen and oxygen atoms in total. The van der Waals surface area contributed by atoms with Crippen molar-refractivity contribution in [2.45, 2.75) is 19.1 Å². The highest BCUT2D eigenvalue weighted by Gasteiger charge is 2.29. The third-order valence-electron chi connectivity index (χ3n) is 4.23. The first-order chi connectivity index (χ1) is 12.2. The molecule has 0 radical (unpaired) electrons. The van der Waals surface area contributed by atoms with Crippen molar-refractivity contribution < 1.29 is 22.8 Å². The summed E-state index contributed by atoms with van der Waals surface area (Å²) in [5.41, 5.74) is -0.279. The van der Waals surface area contributed by atoms with E-state index in [1.54, 1.807) is 4.90 Å². The molecule has 1 aliphatic heterocycles. The van der Waals surface area contributed by atoms with Crippen molar-refractivity contribution in [1.82, 2.24) is 15.1 Å². The number of nitrogens with zero attached hydrogens (tertiary/aromatic N) is 2. The monoisotopic (exact) mass is 369 g/mol. The van der Waals surface area contributed by atoms with Gasteiger partial charge in [0.15, 0.2) is 0 Å². The van der Waals surface area contributed by atoms with Crippen LogP contribution in [0.4, 0.5) is 13.2 Å². The molecule has 0 spiro atoms. The third kappa shape index (κ3) is 5.59. The normalized spacial score (nSPS) is 19.0. The lowest BCUT2D eigenvalue weighted by Crippen LogP contribution is -2.54. The summed E-state index contributed by atoms with van der Waals surface area (Å²) >= 11 is 0. The number of rotatable bonds is 4. The molecule has 2 amide bonds. The highest BCUT2D eigenvalue weighted by molar-refractivity contribution is 5.94. The van der Waals surface area contributed by atoms with Gasteiger partial charge in [0.25, 0.3) is 0 Å². The zero-order chi connectivity index (χ0) is 19.3. The summed E-state index contributed by atoms with van der Waals surface area (Å²) < 4.78 is 37.5. The largest absolute Gasteiger partial charge is 0.416 e. The van der Waals surface area contributed by atoms with Gasteiger partial charge in [0.2, 0.25) is 11.8 Å². The van der Waals surface area contributed by atoms with Gasteiger partial charge in [0, 0.05) is 31.8 Å².